The molecule has 3 aromatic rings. The van der Waals surface area contributed by atoms with Crippen LogP contribution in [-0.2, 0) is 13.5 Å². The molecule has 1 fully saturated rings. The number of aliphatic hydroxyl groups excluding tert-OH is 1. The Labute approximate surface area is 192 Å². The predicted octanol–water partition coefficient (Wildman–Crippen LogP) is 2.40. The van der Waals surface area contributed by atoms with E-state index in [1.807, 2.05) is 42.8 Å². The molecule has 9 heteroatoms. The number of hydrogen-bond acceptors (Lipinski definition) is 6. The molecule has 172 valence electrons. The molecule has 4 rings (SSSR count). The van der Waals surface area contributed by atoms with Gasteiger partial charge in [-0.25, -0.2) is 0 Å². The van der Waals surface area contributed by atoms with Gasteiger partial charge in [0.15, 0.2) is 0 Å². The lowest BCUT2D eigenvalue weighted by Gasteiger charge is -2.21. The third-order valence-electron chi connectivity index (χ3n) is 6.06. The van der Waals surface area contributed by atoms with Gasteiger partial charge in [-0.05, 0) is 49.1 Å². The number of nitrogens with one attached hydrogen (secondary N) is 1. The van der Waals surface area contributed by atoms with E-state index in [0.717, 1.165) is 17.8 Å². The van der Waals surface area contributed by atoms with Crippen molar-refractivity contribution in [2.45, 2.75) is 44.8 Å². The summed E-state index contributed by atoms with van der Waals surface area (Å²) in [5.41, 5.74) is 2.25. The van der Waals surface area contributed by atoms with E-state index in [4.69, 9.17) is 0 Å². The third kappa shape index (κ3) is 5.09. The lowest BCUT2D eigenvalue weighted by atomic mass is 9.97. The van der Waals surface area contributed by atoms with Crippen LogP contribution < -0.4 is 5.32 Å². The first-order chi connectivity index (χ1) is 15.8. The minimum Gasteiger partial charge on any atom is -0.391 e. The number of likely N-dealkylation sites (tertiary alicyclic amines) is 1. The summed E-state index contributed by atoms with van der Waals surface area (Å²) in [6.45, 7) is 4.30. The number of nitrogens with zero attached hydrogens (tertiary/aromatic N) is 5. The Kier molecular flexibility index (Phi) is 6.50. The van der Waals surface area contributed by atoms with Gasteiger partial charge in [-0.15, -0.1) is 10.2 Å². The highest BCUT2D eigenvalue weighted by Crippen LogP contribution is 2.23. The molecule has 0 unspecified atom stereocenters. The van der Waals surface area contributed by atoms with Gasteiger partial charge < -0.3 is 19.9 Å². The Balaban J connectivity index is 1.45. The van der Waals surface area contributed by atoms with E-state index in [1.165, 1.54) is 12.3 Å². The Morgan fingerprint density at radius 1 is 1.27 bits per heavy atom. The SMILES string of the molecule is C[C@H](Cc1nncn1C)c1cccc(NC(=O)c2cc(C(=O)N3C[C@@H](O)C[C@H]3C)ccn2)c1. The molecule has 0 saturated carbocycles. The number of hydrogen-bond donors (Lipinski definition) is 2. The second-order valence-electron chi connectivity index (χ2n) is 8.67. The standard InChI is InChI=1S/C24H28N6O3/c1-15(9-22-28-26-14-29(22)3)17-5-4-6-19(11-17)27-23(32)21-12-18(7-8-25-21)24(33)30-13-20(31)10-16(30)2/h4-8,11-12,14-16,20,31H,9-10,13H2,1-3H3,(H,27,32)/t15-,16-,20+/m1/s1. The highest BCUT2D eigenvalue weighted by Gasteiger charge is 2.32. The molecule has 0 spiro atoms. The zero-order valence-electron chi connectivity index (χ0n) is 19.0. The zero-order valence-corrected chi connectivity index (χ0v) is 19.0. The smallest absolute Gasteiger partial charge is 0.274 e. The first kappa shape index (κ1) is 22.6. The summed E-state index contributed by atoms with van der Waals surface area (Å²) in [4.78, 5) is 31.5. The van der Waals surface area contributed by atoms with Crippen molar-refractivity contribution in [1.82, 2.24) is 24.6 Å². The Hall–Kier alpha value is -3.59. The van der Waals surface area contributed by atoms with Crippen molar-refractivity contribution in [2.75, 3.05) is 11.9 Å². The molecule has 2 aromatic heterocycles. The number of pyridine rings is 1. The molecule has 9 nitrogen and oxygen atoms in total. The second kappa shape index (κ2) is 9.50. The van der Waals surface area contributed by atoms with Gasteiger partial charge in [0.1, 0.15) is 17.8 Å². The summed E-state index contributed by atoms with van der Waals surface area (Å²) in [7, 11) is 1.91. The van der Waals surface area contributed by atoms with E-state index in [2.05, 4.69) is 27.4 Å². The van der Waals surface area contributed by atoms with Crippen molar-refractivity contribution < 1.29 is 14.7 Å². The van der Waals surface area contributed by atoms with Crippen LogP contribution in [0.15, 0.2) is 48.9 Å². The fraction of sp³-hybridized carbons (Fsp3) is 0.375. The Morgan fingerprint density at radius 3 is 2.79 bits per heavy atom. The molecule has 3 heterocycles. The second-order valence-corrected chi connectivity index (χ2v) is 8.67. The summed E-state index contributed by atoms with van der Waals surface area (Å²) in [5.74, 6) is 0.469. The van der Waals surface area contributed by atoms with Gasteiger partial charge in [0.05, 0.1) is 6.10 Å². The van der Waals surface area contributed by atoms with Crippen LogP contribution in [0.2, 0.25) is 0 Å². The maximum absolute atomic E-state index is 12.9. The van der Waals surface area contributed by atoms with Crippen molar-refractivity contribution in [3.8, 4) is 0 Å². The zero-order chi connectivity index (χ0) is 23.5. The van der Waals surface area contributed by atoms with Gasteiger partial charge in [-0.3, -0.25) is 14.6 Å². The molecule has 0 radical (unpaired) electrons. The van der Waals surface area contributed by atoms with Gasteiger partial charge in [-0.1, -0.05) is 19.1 Å². The number of rotatable bonds is 6. The molecule has 1 aliphatic rings. The normalized spacial score (nSPS) is 18.8. The van der Waals surface area contributed by atoms with Gasteiger partial charge in [0.2, 0.25) is 0 Å². The molecule has 0 aliphatic carbocycles. The largest absolute Gasteiger partial charge is 0.391 e. The quantitative estimate of drug-likeness (QED) is 0.599. The number of amides is 2. The number of carbonyl (C=O) groups excluding carboxylic acids is 2. The molecule has 1 aliphatic heterocycles. The van der Waals surface area contributed by atoms with Crippen molar-refractivity contribution in [3.05, 3.63) is 71.6 Å². The highest BCUT2D eigenvalue weighted by molar-refractivity contribution is 6.04. The molecular weight excluding hydrogens is 420 g/mol. The molecular formula is C24H28N6O3. The van der Waals surface area contributed by atoms with Crippen LogP contribution in [0.25, 0.3) is 0 Å². The molecule has 2 amide bonds. The summed E-state index contributed by atoms with van der Waals surface area (Å²) in [5, 5.41) is 20.8. The van der Waals surface area contributed by atoms with E-state index in [-0.39, 0.29) is 23.6 Å². The molecule has 0 bridgehead atoms. The van der Waals surface area contributed by atoms with Crippen LogP contribution in [-0.4, -0.2) is 60.3 Å². The molecule has 3 atom stereocenters. The lowest BCUT2D eigenvalue weighted by Crippen LogP contribution is -2.34. The van der Waals surface area contributed by atoms with Crippen LogP contribution in [0.4, 0.5) is 5.69 Å². The summed E-state index contributed by atoms with van der Waals surface area (Å²) < 4.78 is 1.89. The van der Waals surface area contributed by atoms with Gasteiger partial charge in [0.25, 0.3) is 11.8 Å². The van der Waals surface area contributed by atoms with Crippen LogP contribution in [0.5, 0.6) is 0 Å². The Morgan fingerprint density at radius 2 is 2.09 bits per heavy atom. The summed E-state index contributed by atoms with van der Waals surface area (Å²) in [6.07, 6.45) is 3.89. The van der Waals surface area contributed by atoms with Crippen LogP contribution >= 0.6 is 0 Å². The van der Waals surface area contributed by atoms with E-state index in [9.17, 15) is 14.7 Å². The number of anilines is 1. The van der Waals surface area contributed by atoms with Crippen LogP contribution in [0.3, 0.4) is 0 Å². The lowest BCUT2D eigenvalue weighted by molar-refractivity contribution is 0.0726. The molecule has 1 saturated heterocycles. The maximum atomic E-state index is 12.9. The van der Waals surface area contributed by atoms with Gasteiger partial charge in [0, 0.05) is 43.5 Å². The van der Waals surface area contributed by atoms with Crippen LogP contribution in [0, 0.1) is 0 Å². The molecule has 2 N–H and O–H groups in total. The third-order valence-corrected chi connectivity index (χ3v) is 6.06. The number of aliphatic hydroxyl groups is 1. The summed E-state index contributed by atoms with van der Waals surface area (Å²) >= 11 is 0. The summed E-state index contributed by atoms with van der Waals surface area (Å²) in [6, 6.07) is 10.7. The fourth-order valence-electron chi connectivity index (χ4n) is 4.14. The van der Waals surface area contributed by atoms with Crippen molar-refractivity contribution in [1.29, 1.82) is 0 Å². The monoisotopic (exact) mass is 448 g/mol. The minimum atomic E-state index is -0.517. The average Bonchev–Trinajstić information content (AvgIpc) is 3.37. The number of aromatic nitrogens is 4. The topological polar surface area (TPSA) is 113 Å². The number of β-amino-alcohol motifs (C(OH)–C–C–N with tert-alkyl or cyclic N) is 1. The minimum absolute atomic E-state index is 0.0517. The van der Waals surface area contributed by atoms with Crippen LogP contribution in [0.1, 0.15) is 58.4 Å². The first-order valence-electron chi connectivity index (χ1n) is 11.0. The number of benzene rings is 1. The molecule has 1 aromatic carbocycles. The van der Waals surface area contributed by atoms with Gasteiger partial charge >= 0.3 is 0 Å². The number of aryl methyl sites for hydroxylation is 1. The van der Waals surface area contributed by atoms with E-state index < -0.39 is 12.0 Å². The highest BCUT2D eigenvalue weighted by atomic mass is 16.3. The van der Waals surface area contributed by atoms with E-state index in [1.54, 1.807) is 17.3 Å². The first-order valence-corrected chi connectivity index (χ1v) is 11.0. The van der Waals surface area contributed by atoms with Crippen molar-refractivity contribution in [2.24, 2.45) is 7.05 Å². The fourth-order valence-corrected chi connectivity index (χ4v) is 4.14. The predicted molar refractivity (Wildman–Crippen MR) is 123 cm³/mol. The number of carbonyl (C=O) groups is 2. The maximum Gasteiger partial charge on any atom is 0.274 e. The van der Waals surface area contributed by atoms with Gasteiger partial charge in [-0.2, -0.15) is 0 Å². The average molecular weight is 449 g/mol. The van der Waals surface area contributed by atoms with Crippen molar-refractivity contribution in [3.63, 3.8) is 0 Å². The molecule has 33 heavy (non-hydrogen) atoms. The van der Waals surface area contributed by atoms with Crippen molar-refractivity contribution >= 4 is 17.5 Å². The Bertz CT molecular complexity index is 1160. The van der Waals surface area contributed by atoms with E-state index in [0.29, 0.717) is 24.2 Å². The van der Waals surface area contributed by atoms with E-state index >= 15 is 0 Å².